The molecule has 0 saturated heterocycles. The van der Waals surface area contributed by atoms with Gasteiger partial charge in [0, 0.05) is 18.1 Å². The molecule has 0 spiro atoms. The Labute approximate surface area is 227 Å². The smallest absolute Gasteiger partial charge is 0.165 e. The molecule has 0 bridgehead atoms. The van der Waals surface area contributed by atoms with Gasteiger partial charge < -0.3 is 19.5 Å². The maximum Gasteiger partial charge on any atom is 0.165 e. The first-order chi connectivity index (χ1) is 18.1. The number of nitrogens with zero attached hydrogens (tertiary/aromatic N) is 2. The summed E-state index contributed by atoms with van der Waals surface area (Å²) in [7, 11) is 5.70. The number of benzene rings is 2. The van der Waals surface area contributed by atoms with Gasteiger partial charge in [0.05, 0.1) is 7.11 Å². The largest absolute Gasteiger partial charge is 0.508 e. The van der Waals surface area contributed by atoms with Gasteiger partial charge in [0.25, 0.3) is 0 Å². The van der Waals surface area contributed by atoms with Crippen molar-refractivity contribution >= 4 is 0 Å². The van der Waals surface area contributed by atoms with E-state index in [0.717, 1.165) is 37.1 Å². The van der Waals surface area contributed by atoms with E-state index in [4.69, 9.17) is 9.47 Å². The minimum Gasteiger partial charge on any atom is -0.508 e. The van der Waals surface area contributed by atoms with E-state index in [1.54, 1.807) is 25.3 Å². The Kier molecular flexibility index (Phi) is 8.84. The number of fused-ring (bicyclic) bond motifs is 1. The number of methoxy groups -OCH3 is 1. The van der Waals surface area contributed by atoms with Gasteiger partial charge in [0.2, 0.25) is 0 Å². The molecule has 2 aliphatic carbocycles. The van der Waals surface area contributed by atoms with E-state index >= 15 is 4.39 Å². The van der Waals surface area contributed by atoms with Gasteiger partial charge in [0.15, 0.2) is 11.6 Å². The highest BCUT2D eigenvalue weighted by Gasteiger charge is 2.34. The highest BCUT2D eigenvalue weighted by atomic mass is 19.1. The van der Waals surface area contributed by atoms with Crippen LogP contribution in [-0.2, 0) is 24.1 Å². The van der Waals surface area contributed by atoms with Gasteiger partial charge >= 0.3 is 0 Å². The van der Waals surface area contributed by atoms with Crippen LogP contribution >= 0.6 is 0 Å². The average Bonchev–Trinajstić information content (AvgIpc) is 2.90. The van der Waals surface area contributed by atoms with Gasteiger partial charge in [-0.15, -0.1) is 0 Å². The zero-order valence-corrected chi connectivity index (χ0v) is 23.7. The van der Waals surface area contributed by atoms with Gasteiger partial charge in [-0.1, -0.05) is 25.1 Å². The van der Waals surface area contributed by atoms with E-state index in [1.165, 1.54) is 11.1 Å². The fourth-order valence-corrected chi connectivity index (χ4v) is 5.48. The first kappa shape index (κ1) is 28.2. The lowest BCUT2D eigenvalue weighted by Gasteiger charge is -2.41. The van der Waals surface area contributed by atoms with Gasteiger partial charge in [-0.3, -0.25) is 4.90 Å². The van der Waals surface area contributed by atoms with Crippen LogP contribution in [0, 0.1) is 17.7 Å². The zero-order valence-electron chi connectivity index (χ0n) is 23.7. The van der Waals surface area contributed by atoms with Crippen molar-refractivity contribution in [1.82, 2.24) is 9.80 Å². The molecule has 3 atom stereocenters. The number of ether oxygens (including phenoxy) is 2. The molecule has 0 heterocycles. The SMILES string of the molecule is CCN(Cc1ccc(OCC(C)(C)N(C)C)c(F)c1)C1C=C(OC)C=CC1[C@@H]1CCc2cc(O)ccc2C1. The topological polar surface area (TPSA) is 45.2 Å². The lowest BCUT2D eigenvalue weighted by atomic mass is 9.72. The van der Waals surface area contributed by atoms with Crippen LogP contribution in [0.3, 0.4) is 0 Å². The van der Waals surface area contributed by atoms with E-state index < -0.39 is 0 Å². The monoisotopic (exact) mass is 522 g/mol. The molecule has 2 aromatic rings. The van der Waals surface area contributed by atoms with E-state index in [1.807, 2.05) is 26.2 Å². The van der Waals surface area contributed by atoms with Gasteiger partial charge in [0.1, 0.15) is 18.1 Å². The Morgan fingerprint density at radius 2 is 1.89 bits per heavy atom. The van der Waals surface area contributed by atoms with E-state index in [0.29, 0.717) is 36.5 Å². The Morgan fingerprint density at radius 3 is 2.58 bits per heavy atom. The van der Waals surface area contributed by atoms with Crippen molar-refractivity contribution in [2.45, 2.75) is 58.2 Å². The van der Waals surface area contributed by atoms with Crippen LogP contribution in [0.15, 0.2) is 60.4 Å². The minimum atomic E-state index is -0.325. The Bertz CT molecular complexity index is 1170. The third-order valence-electron chi connectivity index (χ3n) is 8.45. The molecule has 6 heteroatoms. The molecule has 2 aliphatic rings. The van der Waals surface area contributed by atoms with Crippen LogP contribution in [0.5, 0.6) is 11.5 Å². The van der Waals surface area contributed by atoms with Crippen LogP contribution in [-0.4, -0.2) is 60.8 Å². The number of hydrogen-bond acceptors (Lipinski definition) is 5. The average molecular weight is 523 g/mol. The summed E-state index contributed by atoms with van der Waals surface area (Å²) in [6.07, 6.45) is 9.63. The number of likely N-dealkylation sites (N-methyl/N-ethyl adjacent to an activating group) is 2. The molecule has 38 heavy (non-hydrogen) atoms. The number of halogens is 1. The summed E-state index contributed by atoms with van der Waals surface area (Å²) >= 11 is 0. The predicted octanol–water partition coefficient (Wildman–Crippen LogP) is 5.96. The standard InChI is InChI=1S/C32H43FN2O3/c1-7-35(20-22-8-15-31(29(33)16-22)38-21-32(2,3)34(4)5)30-19-27(37-6)13-14-28(30)25-10-9-24-18-26(36)12-11-23(24)17-25/h8,11-16,18-19,25,28,30,36H,7,9-10,17,20-21H2,1-6H3/t25-,28?,30?/m1/s1. The molecule has 2 aromatic carbocycles. The van der Waals surface area contributed by atoms with Gasteiger partial charge in [-0.2, -0.15) is 0 Å². The molecule has 0 saturated carbocycles. The molecule has 4 rings (SSSR count). The molecule has 0 fully saturated rings. The number of allylic oxidation sites excluding steroid dienone is 1. The summed E-state index contributed by atoms with van der Waals surface area (Å²) in [4.78, 5) is 4.48. The predicted molar refractivity (Wildman–Crippen MR) is 151 cm³/mol. The lowest BCUT2D eigenvalue weighted by molar-refractivity contribution is 0.111. The van der Waals surface area contributed by atoms with Crippen molar-refractivity contribution in [3.8, 4) is 11.5 Å². The van der Waals surface area contributed by atoms with Crippen molar-refractivity contribution in [2.24, 2.45) is 11.8 Å². The summed E-state index contributed by atoms with van der Waals surface area (Å²) in [5, 5.41) is 9.89. The van der Waals surface area contributed by atoms with Gasteiger partial charge in [-0.05, 0) is 119 Å². The van der Waals surface area contributed by atoms with Crippen molar-refractivity contribution in [3.63, 3.8) is 0 Å². The second kappa shape index (κ2) is 11.9. The van der Waals surface area contributed by atoms with Crippen LogP contribution in [0.2, 0.25) is 0 Å². The van der Waals surface area contributed by atoms with Crippen molar-refractivity contribution in [2.75, 3.05) is 34.4 Å². The molecule has 0 aromatic heterocycles. The van der Waals surface area contributed by atoms with E-state index in [2.05, 4.69) is 54.9 Å². The molecule has 5 nitrogen and oxygen atoms in total. The zero-order chi connectivity index (χ0) is 27.4. The van der Waals surface area contributed by atoms with Crippen molar-refractivity contribution in [3.05, 3.63) is 82.9 Å². The second-order valence-electron chi connectivity index (χ2n) is 11.5. The minimum absolute atomic E-state index is 0.142. The van der Waals surface area contributed by atoms with E-state index in [-0.39, 0.29) is 17.4 Å². The summed E-state index contributed by atoms with van der Waals surface area (Å²) < 4.78 is 26.5. The van der Waals surface area contributed by atoms with Crippen LogP contribution in [0.25, 0.3) is 0 Å². The number of hydrogen-bond donors (Lipinski definition) is 1. The molecule has 0 amide bonds. The Balaban J connectivity index is 1.50. The van der Waals surface area contributed by atoms with Crippen LogP contribution < -0.4 is 4.74 Å². The first-order valence-corrected chi connectivity index (χ1v) is 13.7. The Morgan fingerprint density at radius 1 is 1.11 bits per heavy atom. The fourth-order valence-electron chi connectivity index (χ4n) is 5.48. The molecule has 0 aliphatic heterocycles. The summed E-state index contributed by atoms with van der Waals surface area (Å²) in [6.45, 7) is 8.18. The summed E-state index contributed by atoms with van der Waals surface area (Å²) in [5.41, 5.74) is 3.31. The highest BCUT2D eigenvalue weighted by molar-refractivity contribution is 5.37. The summed E-state index contributed by atoms with van der Waals surface area (Å²) in [5.74, 6) is 1.96. The first-order valence-electron chi connectivity index (χ1n) is 13.7. The van der Waals surface area contributed by atoms with Crippen LogP contribution in [0.4, 0.5) is 4.39 Å². The Hall–Kier alpha value is -2.83. The molecular formula is C32H43FN2O3. The highest BCUT2D eigenvalue weighted by Crippen LogP contribution is 2.38. The number of phenols is 1. The normalized spacial score (nSPS) is 21.4. The molecule has 0 radical (unpaired) electrons. The number of phenolic OH excluding ortho intramolecular Hbond substituents is 1. The molecule has 2 unspecified atom stereocenters. The number of aryl methyl sites for hydroxylation is 1. The maximum absolute atomic E-state index is 15.1. The second-order valence-corrected chi connectivity index (χ2v) is 11.5. The van der Waals surface area contributed by atoms with Gasteiger partial charge in [-0.25, -0.2) is 4.39 Å². The lowest BCUT2D eigenvalue weighted by Crippen LogP contribution is -2.43. The fraction of sp³-hybridized carbons (Fsp3) is 0.500. The van der Waals surface area contributed by atoms with E-state index in [9.17, 15) is 5.11 Å². The van der Waals surface area contributed by atoms with Crippen molar-refractivity contribution < 1.29 is 19.0 Å². The summed E-state index contributed by atoms with van der Waals surface area (Å²) in [6, 6.07) is 11.2. The molecular weight excluding hydrogens is 479 g/mol. The number of aromatic hydroxyl groups is 1. The third-order valence-corrected chi connectivity index (χ3v) is 8.45. The van der Waals surface area contributed by atoms with Crippen LogP contribution in [0.1, 0.15) is 43.9 Å². The number of rotatable bonds is 10. The molecule has 206 valence electrons. The van der Waals surface area contributed by atoms with Crippen molar-refractivity contribution in [1.29, 1.82) is 0 Å². The third kappa shape index (κ3) is 6.41. The molecule has 1 N–H and O–H groups in total. The maximum atomic E-state index is 15.1. The quantitative estimate of drug-likeness (QED) is 0.417.